The second-order valence-electron chi connectivity index (χ2n) is 5.48. The zero-order valence-electron chi connectivity index (χ0n) is 10.3. The van der Waals surface area contributed by atoms with Crippen LogP contribution in [0.5, 0.6) is 0 Å². The number of benzene rings is 1. The lowest BCUT2D eigenvalue weighted by Gasteiger charge is -2.30. The average Bonchev–Trinajstić information content (AvgIpc) is 2.14. The average molecular weight is 218 g/mol. The lowest BCUT2D eigenvalue weighted by Crippen LogP contribution is -2.20. The van der Waals surface area contributed by atoms with E-state index in [1.54, 1.807) is 0 Å². The molecule has 1 aliphatic rings. The van der Waals surface area contributed by atoms with E-state index in [-0.39, 0.29) is 6.10 Å². The lowest BCUT2D eigenvalue weighted by molar-refractivity contribution is 0.0620. The van der Waals surface area contributed by atoms with Gasteiger partial charge in [0.05, 0.1) is 6.10 Å². The van der Waals surface area contributed by atoms with Crippen LogP contribution in [0.1, 0.15) is 50.3 Å². The molecule has 0 amide bonds. The van der Waals surface area contributed by atoms with Crippen molar-refractivity contribution in [3.05, 3.63) is 35.4 Å². The molecule has 1 aromatic carbocycles. The van der Waals surface area contributed by atoms with Gasteiger partial charge in [-0.25, -0.2) is 0 Å². The summed E-state index contributed by atoms with van der Waals surface area (Å²) in [5.41, 5.74) is 2.47. The minimum Gasteiger partial charge on any atom is -0.388 e. The largest absolute Gasteiger partial charge is 0.388 e. The maximum absolute atomic E-state index is 10.2. The highest BCUT2D eigenvalue weighted by molar-refractivity contribution is 5.26. The van der Waals surface area contributed by atoms with E-state index in [0.717, 1.165) is 12.0 Å². The van der Waals surface area contributed by atoms with Gasteiger partial charge in [-0.3, -0.25) is 0 Å². The van der Waals surface area contributed by atoms with Crippen LogP contribution in [-0.4, -0.2) is 5.11 Å². The summed E-state index contributed by atoms with van der Waals surface area (Å²) in [4.78, 5) is 0. The summed E-state index contributed by atoms with van der Waals surface area (Å²) in [6.07, 6.45) is 4.53. The molecule has 1 unspecified atom stereocenters. The van der Waals surface area contributed by atoms with Crippen molar-refractivity contribution in [3.8, 4) is 0 Å². The second-order valence-corrected chi connectivity index (χ2v) is 5.48. The van der Waals surface area contributed by atoms with Crippen LogP contribution in [0.2, 0.25) is 0 Å². The first-order valence-corrected chi connectivity index (χ1v) is 6.43. The Morgan fingerprint density at radius 1 is 1.31 bits per heavy atom. The molecule has 1 atom stereocenters. The van der Waals surface area contributed by atoms with Gasteiger partial charge in [0.25, 0.3) is 0 Å². The molecule has 1 saturated carbocycles. The molecule has 88 valence electrons. The first-order valence-electron chi connectivity index (χ1n) is 6.43. The molecule has 0 aromatic heterocycles. The third-order valence-electron chi connectivity index (χ3n) is 3.53. The van der Waals surface area contributed by atoms with Crippen molar-refractivity contribution >= 4 is 0 Å². The van der Waals surface area contributed by atoms with Crippen LogP contribution in [0, 0.1) is 11.8 Å². The van der Waals surface area contributed by atoms with Gasteiger partial charge in [-0.15, -0.1) is 0 Å². The molecule has 1 aromatic rings. The molecule has 16 heavy (non-hydrogen) atoms. The van der Waals surface area contributed by atoms with Crippen molar-refractivity contribution < 1.29 is 5.11 Å². The molecule has 0 spiro atoms. The molecule has 0 radical (unpaired) electrons. The summed E-state index contributed by atoms with van der Waals surface area (Å²) >= 11 is 0. The van der Waals surface area contributed by atoms with Gasteiger partial charge in [0.1, 0.15) is 0 Å². The van der Waals surface area contributed by atoms with Crippen LogP contribution in [0.25, 0.3) is 0 Å². The van der Waals surface area contributed by atoms with Crippen molar-refractivity contribution in [2.45, 2.75) is 45.6 Å². The standard InChI is InChI=1S/C15H22O/c1-11(2)9-12-5-3-8-14(10-12)15(16)13-6-4-7-13/h3,5,8,10-11,13,15-16H,4,6-7,9H2,1-2H3. The lowest BCUT2D eigenvalue weighted by atomic mass is 9.78. The van der Waals surface area contributed by atoms with Gasteiger partial charge in [0, 0.05) is 0 Å². The minimum absolute atomic E-state index is 0.235. The van der Waals surface area contributed by atoms with Crippen LogP contribution >= 0.6 is 0 Å². The van der Waals surface area contributed by atoms with E-state index in [1.165, 1.54) is 24.8 Å². The third-order valence-corrected chi connectivity index (χ3v) is 3.53. The van der Waals surface area contributed by atoms with Gasteiger partial charge in [-0.05, 0) is 42.2 Å². The van der Waals surface area contributed by atoms with E-state index in [1.807, 2.05) is 0 Å². The van der Waals surface area contributed by atoms with E-state index in [0.29, 0.717) is 11.8 Å². The predicted octanol–water partition coefficient (Wildman–Crippen LogP) is 3.72. The number of aliphatic hydroxyl groups excluding tert-OH is 1. The summed E-state index contributed by atoms with van der Waals surface area (Å²) in [6.45, 7) is 4.46. The van der Waals surface area contributed by atoms with Crippen molar-refractivity contribution in [2.75, 3.05) is 0 Å². The monoisotopic (exact) mass is 218 g/mol. The molecule has 1 N–H and O–H groups in total. The smallest absolute Gasteiger partial charge is 0.0818 e. The van der Waals surface area contributed by atoms with Gasteiger partial charge in [-0.1, -0.05) is 44.5 Å². The summed E-state index contributed by atoms with van der Waals surface area (Å²) in [5.74, 6) is 1.19. The van der Waals surface area contributed by atoms with E-state index >= 15 is 0 Å². The Balaban J connectivity index is 2.08. The van der Waals surface area contributed by atoms with Gasteiger partial charge >= 0.3 is 0 Å². The molecule has 2 rings (SSSR count). The number of rotatable bonds is 4. The predicted molar refractivity (Wildman–Crippen MR) is 67.3 cm³/mol. The van der Waals surface area contributed by atoms with Crippen LogP contribution in [0.3, 0.4) is 0 Å². The molecule has 0 saturated heterocycles. The van der Waals surface area contributed by atoms with Crippen LogP contribution in [0.15, 0.2) is 24.3 Å². The molecule has 0 bridgehead atoms. The molecular weight excluding hydrogens is 196 g/mol. The quantitative estimate of drug-likeness (QED) is 0.816. The highest BCUT2D eigenvalue weighted by Gasteiger charge is 2.26. The van der Waals surface area contributed by atoms with Crippen molar-refractivity contribution in [1.82, 2.24) is 0 Å². The van der Waals surface area contributed by atoms with E-state index in [2.05, 4.69) is 38.1 Å². The minimum atomic E-state index is -0.235. The fourth-order valence-electron chi connectivity index (χ4n) is 2.40. The van der Waals surface area contributed by atoms with E-state index in [4.69, 9.17) is 0 Å². The molecule has 0 aliphatic heterocycles. The zero-order chi connectivity index (χ0) is 11.5. The maximum atomic E-state index is 10.2. The summed E-state index contributed by atoms with van der Waals surface area (Å²) < 4.78 is 0. The Hall–Kier alpha value is -0.820. The fourth-order valence-corrected chi connectivity index (χ4v) is 2.40. The first-order chi connectivity index (χ1) is 7.66. The topological polar surface area (TPSA) is 20.2 Å². The third kappa shape index (κ3) is 2.65. The molecular formula is C15H22O. The Morgan fingerprint density at radius 2 is 2.06 bits per heavy atom. The Kier molecular flexibility index (Phi) is 3.65. The molecule has 1 fully saturated rings. The zero-order valence-corrected chi connectivity index (χ0v) is 10.3. The molecule has 1 heteroatoms. The number of aliphatic hydroxyl groups is 1. The van der Waals surface area contributed by atoms with Crippen molar-refractivity contribution in [1.29, 1.82) is 0 Å². The second kappa shape index (κ2) is 5.01. The Labute approximate surface area is 98.5 Å². The van der Waals surface area contributed by atoms with Gasteiger partial charge in [0.2, 0.25) is 0 Å². The van der Waals surface area contributed by atoms with Crippen molar-refractivity contribution in [3.63, 3.8) is 0 Å². The highest BCUT2D eigenvalue weighted by Crippen LogP contribution is 2.37. The van der Waals surface area contributed by atoms with E-state index < -0.39 is 0 Å². The van der Waals surface area contributed by atoms with Gasteiger partial charge in [-0.2, -0.15) is 0 Å². The molecule has 0 heterocycles. The fraction of sp³-hybridized carbons (Fsp3) is 0.600. The number of hydrogen-bond acceptors (Lipinski definition) is 1. The van der Waals surface area contributed by atoms with Crippen LogP contribution in [-0.2, 0) is 6.42 Å². The Bertz CT molecular complexity index is 339. The summed E-state index contributed by atoms with van der Waals surface area (Å²) in [6, 6.07) is 8.49. The normalized spacial score (nSPS) is 18.5. The van der Waals surface area contributed by atoms with Crippen LogP contribution < -0.4 is 0 Å². The number of hydrogen-bond donors (Lipinski definition) is 1. The van der Waals surface area contributed by atoms with E-state index in [9.17, 15) is 5.11 Å². The molecule has 1 nitrogen and oxygen atoms in total. The molecule has 1 aliphatic carbocycles. The SMILES string of the molecule is CC(C)Cc1cccc(C(O)C2CCC2)c1. The summed E-state index contributed by atoms with van der Waals surface area (Å²) in [5, 5.41) is 10.2. The first kappa shape index (κ1) is 11.7. The van der Waals surface area contributed by atoms with Crippen molar-refractivity contribution in [2.24, 2.45) is 11.8 Å². The van der Waals surface area contributed by atoms with Gasteiger partial charge < -0.3 is 5.11 Å². The van der Waals surface area contributed by atoms with Crippen LogP contribution in [0.4, 0.5) is 0 Å². The Morgan fingerprint density at radius 3 is 2.62 bits per heavy atom. The van der Waals surface area contributed by atoms with Gasteiger partial charge in [0.15, 0.2) is 0 Å². The summed E-state index contributed by atoms with van der Waals surface area (Å²) in [7, 11) is 0. The highest BCUT2D eigenvalue weighted by atomic mass is 16.3. The maximum Gasteiger partial charge on any atom is 0.0818 e.